The number of likely N-dealkylation sites (N-methyl/N-ethyl adjacent to an activating group) is 1. The molecule has 2 N–H and O–H groups in total. The molecule has 0 saturated heterocycles. The summed E-state index contributed by atoms with van der Waals surface area (Å²) in [5, 5.41) is 0. The summed E-state index contributed by atoms with van der Waals surface area (Å²) in [7, 11) is 1.90. The SMILES string of the molecule is CN(CC(N)=O)CC(C)(C)C. The van der Waals surface area contributed by atoms with Crippen LogP contribution < -0.4 is 5.73 Å². The Kier molecular flexibility index (Phi) is 3.52. The molecule has 0 aromatic rings. The lowest BCUT2D eigenvalue weighted by molar-refractivity contribution is -0.119. The van der Waals surface area contributed by atoms with Crippen LogP contribution in [0.4, 0.5) is 0 Å². The fraction of sp³-hybridized carbons (Fsp3) is 0.875. The Bertz CT molecular complexity index is 138. The minimum Gasteiger partial charge on any atom is -0.369 e. The van der Waals surface area contributed by atoms with Crippen LogP contribution in [-0.2, 0) is 4.79 Å². The third kappa shape index (κ3) is 7.33. The number of primary amides is 1. The molecule has 0 radical (unpaired) electrons. The second-order valence-corrected chi connectivity index (χ2v) is 4.20. The van der Waals surface area contributed by atoms with E-state index in [1.165, 1.54) is 0 Å². The molecule has 3 nitrogen and oxygen atoms in total. The first-order valence-corrected chi connectivity index (χ1v) is 3.78. The minimum atomic E-state index is -0.267. The molecule has 11 heavy (non-hydrogen) atoms. The van der Waals surface area contributed by atoms with Crippen LogP contribution in [-0.4, -0.2) is 30.9 Å². The van der Waals surface area contributed by atoms with E-state index >= 15 is 0 Å². The van der Waals surface area contributed by atoms with E-state index in [-0.39, 0.29) is 11.3 Å². The first-order valence-electron chi connectivity index (χ1n) is 3.78. The Morgan fingerprint density at radius 3 is 2.18 bits per heavy atom. The van der Waals surface area contributed by atoms with E-state index in [0.717, 1.165) is 6.54 Å². The monoisotopic (exact) mass is 158 g/mol. The number of carbonyl (C=O) groups excluding carboxylic acids is 1. The highest BCUT2D eigenvalue weighted by molar-refractivity contribution is 5.75. The molecule has 0 aliphatic heterocycles. The van der Waals surface area contributed by atoms with Crippen molar-refractivity contribution in [3.05, 3.63) is 0 Å². The minimum absolute atomic E-state index is 0.226. The predicted octanol–water partition coefficient (Wildman–Crippen LogP) is 0.450. The zero-order valence-electron chi connectivity index (χ0n) is 7.85. The number of hydrogen-bond donors (Lipinski definition) is 1. The largest absolute Gasteiger partial charge is 0.369 e. The third-order valence-electron chi connectivity index (χ3n) is 1.17. The van der Waals surface area contributed by atoms with Crippen LogP contribution in [0.5, 0.6) is 0 Å². The first-order chi connectivity index (χ1) is 4.81. The van der Waals surface area contributed by atoms with Gasteiger partial charge in [-0.2, -0.15) is 0 Å². The first kappa shape index (κ1) is 10.4. The summed E-state index contributed by atoms with van der Waals surface area (Å²) in [5.41, 5.74) is 5.26. The van der Waals surface area contributed by atoms with E-state index < -0.39 is 0 Å². The third-order valence-corrected chi connectivity index (χ3v) is 1.17. The van der Waals surface area contributed by atoms with Crippen LogP contribution in [0.3, 0.4) is 0 Å². The average Bonchev–Trinajstić information content (AvgIpc) is 1.53. The fourth-order valence-electron chi connectivity index (χ4n) is 1.13. The summed E-state index contributed by atoms with van der Waals surface area (Å²) in [6.45, 7) is 7.62. The summed E-state index contributed by atoms with van der Waals surface area (Å²) < 4.78 is 0. The van der Waals surface area contributed by atoms with Crippen LogP contribution in [0.25, 0.3) is 0 Å². The Morgan fingerprint density at radius 2 is 1.91 bits per heavy atom. The van der Waals surface area contributed by atoms with Crippen molar-refractivity contribution in [2.24, 2.45) is 11.1 Å². The molecule has 0 aromatic carbocycles. The Morgan fingerprint density at radius 1 is 1.45 bits per heavy atom. The van der Waals surface area contributed by atoms with Crippen molar-refractivity contribution < 1.29 is 4.79 Å². The van der Waals surface area contributed by atoms with Crippen molar-refractivity contribution >= 4 is 5.91 Å². The lowest BCUT2D eigenvalue weighted by Gasteiger charge is -2.25. The molecule has 0 unspecified atom stereocenters. The fourth-order valence-corrected chi connectivity index (χ4v) is 1.13. The quantitative estimate of drug-likeness (QED) is 0.648. The van der Waals surface area contributed by atoms with Crippen LogP contribution in [0.15, 0.2) is 0 Å². The van der Waals surface area contributed by atoms with Crippen LogP contribution >= 0.6 is 0 Å². The van der Waals surface area contributed by atoms with Gasteiger partial charge in [0.1, 0.15) is 0 Å². The number of carbonyl (C=O) groups is 1. The topological polar surface area (TPSA) is 46.3 Å². The smallest absolute Gasteiger partial charge is 0.231 e. The standard InChI is InChI=1S/C8H18N2O/c1-8(2,3)6-10(4)5-7(9)11/h5-6H2,1-4H3,(H2,9,11). The van der Waals surface area contributed by atoms with Gasteiger partial charge in [-0.3, -0.25) is 9.69 Å². The Hall–Kier alpha value is -0.570. The molecule has 0 aliphatic carbocycles. The molecular weight excluding hydrogens is 140 g/mol. The van der Waals surface area contributed by atoms with Gasteiger partial charge in [-0.15, -0.1) is 0 Å². The maximum atomic E-state index is 10.5. The molecule has 66 valence electrons. The zero-order valence-corrected chi connectivity index (χ0v) is 7.85. The number of nitrogens with two attached hydrogens (primary N) is 1. The molecule has 0 aromatic heterocycles. The van der Waals surface area contributed by atoms with Gasteiger partial charge < -0.3 is 5.73 Å². The van der Waals surface area contributed by atoms with Crippen molar-refractivity contribution in [3.8, 4) is 0 Å². The summed E-state index contributed by atoms with van der Waals surface area (Å²) >= 11 is 0. The van der Waals surface area contributed by atoms with Gasteiger partial charge in [-0.1, -0.05) is 20.8 Å². The molecule has 0 spiro atoms. The van der Waals surface area contributed by atoms with Gasteiger partial charge in [0.15, 0.2) is 0 Å². The average molecular weight is 158 g/mol. The van der Waals surface area contributed by atoms with Gasteiger partial charge in [-0.25, -0.2) is 0 Å². The maximum absolute atomic E-state index is 10.5. The molecular formula is C8H18N2O. The highest BCUT2D eigenvalue weighted by Crippen LogP contribution is 2.13. The molecule has 3 heteroatoms. The molecule has 0 bridgehead atoms. The highest BCUT2D eigenvalue weighted by atomic mass is 16.1. The van der Waals surface area contributed by atoms with Crippen molar-refractivity contribution in [2.45, 2.75) is 20.8 Å². The van der Waals surface area contributed by atoms with E-state index in [9.17, 15) is 4.79 Å². The predicted molar refractivity (Wildman–Crippen MR) is 46.1 cm³/mol. The van der Waals surface area contributed by atoms with Crippen LogP contribution in [0.1, 0.15) is 20.8 Å². The van der Waals surface area contributed by atoms with Crippen molar-refractivity contribution in [1.82, 2.24) is 4.90 Å². The van der Waals surface area contributed by atoms with Gasteiger partial charge in [-0.05, 0) is 12.5 Å². The van der Waals surface area contributed by atoms with Crippen LogP contribution in [0.2, 0.25) is 0 Å². The molecule has 0 aliphatic rings. The number of rotatable bonds is 3. The van der Waals surface area contributed by atoms with E-state index in [0.29, 0.717) is 6.54 Å². The van der Waals surface area contributed by atoms with Gasteiger partial charge in [0.05, 0.1) is 6.54 Å². The summed E-state index contributed by atoms with van der Waals surface area (Å²) in [6.07, 6.45) is 0. The molecule has 1 amide bonds. The van der Waals surface area contributed by atoms with Crippen LogP contribution in [0, 0.1) is 5.41 Å². The van der Waals surface area contributed by atoms with E-state index in [2.05, 4.69) is 20.8 Å². The molecule has 0 saturated carbocycles. The summed E-state index contributed by atoms with van der Waals surface area (Å²) in [6, 6.07) is 0. The molecule has 0 rings (SSSR count). The van der Waals surface area contributed by atoms with E-state index in [1.807, 2.05) is 11.9 Å². The Balaban J connectivity index is 3.69. The maximum Gasteiger partial charge on any atom is 0.231 e. The molecule has 0 atom stereocenters. The van der Waals surface area contributed by atoms with Crippen molar-refractivity contribution in [3.63, 3.8) is 0 Å². The normalized spacial score (nSPS) is 12.1. The van der Waals surface area contributed by atoms with Gasteiger partial charge in [0, 0.05) is 6.54 Å². The lowest BCUT2D eigenvalue weighted by Crippen LogP contribution is -2.36. The van der Waals surface area contributed by atoms with E-state index in [1.54, 1.807) is 0 Å². The number of amides is 1. The van der Waals surface area contributed by atoms with E-state index in [4.69, 9.17) is 5.73 Å². The number of nitrogens with zero attached hydrogens (tertiary/aromatic N) is 1. The second-order valence-electron chi connectivity index (χ2n) is 4.20. The number of hydrogen-bond acceptors (Lipinski definition) is 2. The lowest BCUT2D eigenvalue weighted by atomic mass is 9.96. The van der Waals surface area contributed by atoms with Crippen molar-refractivity contribution in [2.75, 3.05) is 20.1 Å². The summed E-state index contributed by atoms with van der Waals surface area (Å²) in [4.78, 5) is 12.4. The van der Waals surface area contributed by atoms with Gasteiger partial charge in [0.25, 0.3) is 0 Å². The van der Waals surface area contributed by atoms with Crippen molar-refractivity contribution in [1.29, 1.82) is 0 Å². The Labute approximate surface area is 68.6 Å². The second kappa shape index (κ2) is 3.72. The van der Waals surface area contributed by atoms with Gasteiger partial charge in [0.2, 0.25) is 5.91 Å². The summed E-state index contributed by atoms with van der Waals surface area (Å²) in [5.74, 6) is -0.267. The van der Waals surface area contributed by atoms with Gasteiger partial charge >= 0.3 is 0 Å². The zero-order chi connectivity index (χ0) is 9.07. The molecule has 0 heterocycles. The molecule has 0 fully saturated rings. The highest BCUT2D eigenvalue weighted by Gasteiger charge is 2.13.